The highest BCUT2D eigenvalue weighted by molar-refractivity contribution is 5.94. The maximum absolute atomic E-state index is 11.7. The number of carbonyl (C=O) groups is 1. The van der Waals surface area contributed by atoms with Crippen molar-refractivity contribution in [3.63, 3.8) is 0 Å². The molecule has 96 valence electrons. The first-order chi connectivity index (χ1) is 9.18. The summed E-state index contributed by atoms with van der Waals surface area (Å²) in [5, 5.41) is 3.99. The van der Waals surface area contributed by atoms with Gasteiger partial charge >= 0.3 is 0 Å². The lowest BCUT2D eigenvalue weighted by Crippen LogP contribution is -2.17. The van der Waals surface area contributed by atoms with Gasteiger partial charge in [-0.25, -0.2) is 5.43 Å². The van der Waals surface area contributed by atoms with Gasteiger partial charge in [0, 0.05) is 18.0 Å². The monoisotopic (exact) mass is 253 g/mol. The van der Waals surface area contributed by atoms with Gasteiger partial charge in [-0.1, -0.05) is 18.2 Å². The lowest BCUT2D eigenvalue weighted by molar-refractivity contribution is 0.0955. The number of hydrazone groups is 1. The molecule has 0 unspecified atom stereocenters. The number of hydrogen-bond acceptors (Lipinski definition) is 3. The van der Waals surface area contributed by atoms with E-state index in [1.165, 1.54) is 6.20 Å². The van der Waals surface area contributed by atoms with E-state index in [2.05, 4.69) is 15.5 Å². The molecule has 0 aliphatic heterocycles. The van der Waals surface area contributed by atoms with Crippen LogP contribution in [0.2, 0.25) is 0 Å². The SMILES string of the molecule is Cc1cccc(C)c1/C=N\NC(=O)c1cccnc1. The molecule has 19 heavy (non-hydrogen) atoms. The van der Waals surface area contributed by atoms with Crippen LogP contribution in [0.3, 0.4) is 0 Å². The van der Waals surface area contributed by atoms with Crippen molar-refractivity contribution < 1.29 is 4.79 Å². The minimum atomic E-state index is -0.268. The Hall–Kier alpha value is -2.49. The summed E-state index contributed by atoms with van der Waals surface area (Å²) in [6.45, 7) is 4.02. The molecule has 1 heterocycles. The van der Waals surface area contributed by atoms with E-state index < -0.39 is 0 Å². The quantitative estimate of drug-likeness (QED) is 0.674. The van der Waals surface area contributed by atoms with E-state index in [1.54, 1.807) is 24.5 Å². The summed E-state index contributed by atoms with van der Waals surface area (Å²) in [4.78, 5) is 15.6. The van der Waals surface area contributed by atoms with Crippen molar-refractivity contribution in [1.82, 2.24) is 10.4 Å². The summed E-state index contributed by atoms with van der Waals surface area (Å²) >= 11 is 0. The molecule has 4 nitrogen and oxygen atoms in total. The van der Waals surface area contributed by atoms with Crippen molar-refractivity contribution in [1.29, 1.82) is 0 Å². The molecule has 4 heteroatoms. The second-order valence-electron chi connectivity index (χ2n) is 4.25. The van der Waals surface area contributed by atoms with Gasteiger partial charge < -0.3 is 0 Å². The topological polar surface area (TPSA) is 54.4 Å². The molecule has 0 aliphatic carbocycles. The van der Waals surface area contributed by atoms with Gasteiger partial charge in [0.25, 0.3) is 5.91 Å². The average molecular weight is 253 g/mol. The number of carbonyl (C=O) groups excluding carboxylic acids is 1. The third kappa shape index (κ3) is 3.25. The van der Waals surface area contributed by atoms with E-state index in [-0.39, 0.29) is 5.91 Å². The van der Waals surface area contributed by atoms with E-state index in [4.69, 9.17) is 0 Å². The fourth-order valence-electron chi connectivity index (χ4n) is 1.75. The Morgan fingerprint density at radius 2 is 1.95 bits per heavy atom. The van der Waals surface area contributed by atoms with Crippen molar-refractivity contribution >= 4 is 12.1 Å². The summed E-state index contributed by atoms with van der Waals surface area (Å²) in [6, 6.07) is 9.42. The Morgan fingerprint density at radius 3 is 2.58 bits per heavy atom. The standard InChI is InChI=1S/C15H15N3O/c1-11-5-3-6-12(2)14(11)10-17-18-15(19)13-7-4-8-16-9-13/h3-10H,1-2H3,(H,18,19)/b17-10-. The van der Waals surface area contributed by atoms with Gasteiger partial charge in [0.15, 0.2) is 0 Å². The smallest absolute Gasteiger partial charge is 0.267 e. The van der Waals surface area contributed by atoms with E-state index >= 15 is 0 Å². The highest BCUT2D eigenvalue weighted by Crippen LogP contribution is 2.10. The van der Waals surface area contributed by atoms with Crippen molar-refractivity contribution in [2.45, 2.75) is 13.8 Å². The van der Waals surface area contributed by atoms with E-state index in [9.17, 15) is 4.79 Å². The van der Waals surface area contributed by atoms with Crippen LogP contribution in [-0.2, 0) is 0 Å². The van der Waals surface area contributed by atoms with Gasteiger partial charge in [0.1, 0.15) is 0 Å². The summed E-state index contributed by atoms with van der Waals surface area (Å²) in [6.07, 6.45) is 4.79. The number of pyridine rings is 1. The highest BCUT2D eigenvalue weighted by Gasteiger charge is 2.03. The van der Waals surface area contributed by atoms with Gasteiger partial charge in [-0.3, -0.25) is 9.78 Å². The first-order valence-electron chi connectivity index (χ1n) is 5.98. The summed E-state index contributed by atoms with van der Waals surface area (Å²) in [7, 11) is 0. The first-order valence-corrected chi connectivity index (χ1v) is 5.98. The van der Waals surface area contributed by atoms with Crippen LogP contribution in [0.25, 0.3) is 0 Å². The van der Waals surface area contributed by atoms with Crippen molar-refractivity contribution in [3.8, 4) is 0 Å². The van der Waals surface area contributed by atoms with Gasteiger partial charge in [0.2, 0.25) is 0 Å². The number of benzene rings is 1. The lowest BCUT2D eigenvalue weighted by Gasteiger charge is -2.04. The second-order valence-corrected chi connectivity index (χ2v) is 4.25. The minimum Gasteiger partial charge on any atom is -0.267 e. The second kappa shape index (κ2) is 5.91. The summed E-state index contributed by atoms with van der Waals surface area (Å²) in [5.74, 6) is -0.268. The maximum atomic E-state index is 11.7. The predicted octanol–water partition coefficient (Wildman–Crippen LogP) is 2.46. The molecule has 0 radical (unpaired) electrons. The zero-order chi connectivity index (χ0) is 13.7. The molecule has 1 aromatic carbocycles. The molecule has 0 atom stereocenters. The minimum absolute atomic E-state index is 0.268. The average Bonchev–Trinajstić information content (AvgIpc) is 2.43. The zero-order valence-corrected chi connectivity index (χ0v) is 10.9. The Kier molecular flexibility index (Phi) is 4.03. The van der Waals surface area contributed by atoms with Crippen molar-refractivity contribution in [2.24, 2.45) is 5.10 Å². The Labute approximate surface area is 112 Å². The number of aryl methyl sites for hydroxylation is 2. The number of nitrogens with one attached hydrogen (secondary N) is 1. The van der Waals surface area contributed by atoms with Gasteiger partial charge in [0.05, 0.1) is 11.8 Å². The van der Waals surface area contributed by atoms with Crippen LogP contribution >= 0.6 is 0 Å². The third-order valence-corrected chi connectivity index (χ3v) is 2.83. The number of amides is 1. The van der Waals surface area contributed by atoms with Crippen LogP contribution in [0.5, 0.6) is 0 Å². The highest BCUT2D eigenvalue weighted by atomic mass is 16.2. The summed E-state index contributed by atoms with van der Waals surface area (Å²) in [5.41, 5.74) is 6.25. The van der Waals surface area contributed by atoms with Gasteiger partial charge in [-0.05, 0) is 37.1 Å². The number of hydrogen-bond donors (Lipinski definition) is 1. The lowest BCUT2D eigenvalue weighted by atomic mass is 10.0. The van der Waals surface area contributed by atoms with Crippen LogP contribution in [0.15, 0.2) is 47.8 Å². The van der Waals surface area contributed by atoms with Crippen LogP contribution in [-0.4, -0.2) is 17.1 Å². The molecule has 1 N–H and O–H groups in total. The molecule has 1 aromatic heterocycles. The molecule has 0 bridgehead atoms. The fraction of sp³-hybridized carbons (Fsp3) is 0.133. The molecular weight excluding hydrogens is 238 g/mol. The molecule has 0 fully saturated rings. The first kappa shape index (κ1) is 13.0. The van der Waals surface area contributed by atoms with Gasteiger partial charge in [-0.15, -0.1) is 0 Å². The normalized spacial score (nSPS) is 10.6. The molecule has 0 spiro atoms. The summed E-state index contributed by atoms with van der Waals surface area (Å²) < 4.78 is 0. The molecular formula is C15H15N3O. The molecule has 0 saturated carbocycles. The van der Waals surface area contributed by atoms with E-state index in [0.717, 1.165) is 16.7 Å². The Bertz CT molecular complexity index is 586. The fourth-order valence-corrected chi connectivity index (χ4v) is 1.75. The number of aromatic nitrogens is 1. The molecule has 2 aromatic rings. The molecule has 0 saturated heterocycles. The van der Waals surface area contributed by atoms with Crippen LogP contribution in [0.4, 0.5) is 0 Å². The zero-order valence-electron chi connectivity index (χ0n) is 10.9. The number of nitrogens with zero attached hydrogens (tertiary/aromatic N) is 2. The third-order valence-electron chi connectivity index (χ3n) is 2.83. The Balaban J connectivity index is 2.07. The van der Waals surface area contributed by atoms with Crippen molar-refractivity contribution in [2.75, 3.05) is 0 Å². The maximum Gasteiger partial charge on any atom is 0.272 e. The molecule has 2 rings (SSSR count). The van der Waals surface area contributed by atoms with E-state index in [0.29, 0.717) is 5.56 Å². The van der Waals surface area contributed by atoms with Crippen LogP contribution < -0.4 is 5.43 Å². The molecule has 1 amide bonds. The van der Waals surface area contributed by atoms with Crippen molar-refractivity contribution in [3.05, 3.63) is 65.0 Å². The predicted molar refractivity (Wildman–Crippen MR) is 75.2 cm³/mol. The van der Waals surface area contributed by atoms with Crippen LogP contribution in [0.1, 0.15) is 27.0 Å². The van der Waals surface area contributed by atoms with Gasteiger partial charge in [-0.2, -0.15) is 5.10 Å². The van der Waals surface area contributed by atoms with Crippen LogP contribution in [0, 0.1) is 13.8 Å². The Morgan fingerprint density at radius 1 is 1.21 bits per heavy atom. The number of rotatable bonds is 3. The largest absolute Gasteiger partial charge is 0.272 e. The van der Waals surface area contributed by atoms with E-state index in [1.807, 2.05) is 32.0 Å². The molecule has 0 aliphatic rings.